The lowest BCUT2D eigenvalue weighted by atomic mass is 9.87. The molecule has 0 aliphatic rings. The van der Waals surface area contributed by atoms with E-state index in [0.29, 0.717) is 13.0 Å². The van der Waals surface area contributed by atoms with Crippen molar-refractivity contribution in [1.29, 1.82) is 0 Å². The molecule has 1 aromatic rings. The maximum absolute atomic E-state index is 13.9. The maximum Gasteiger partial charge on any atom is 0.194 e. The Labute approximate surface area is 112 Å². The first-order chi connectivity index (χ1) is 8.91. The molecule has 0 aliphatic heterocycles. The van der Waals surface area contributed by atoms with Crippen molar-refractivity contribution in [3.63, 3.8) is 0 Å². The first kappa shape index (κ1) is 16.0. The summed E-state index contributed by atoms with van der Waals surface area (Å²) >= 11 is 0. The third kappa shape index (κ3) is 3.09. The second-order valence-corrected chi connectivity index (χ2v) is 4.59. The zero-order chi connectivity index (χ0) is 14.6. The van der Waals surface area contributed by atoms with Crippen LogP contribution in [0.5, 0.6) is 0 Å². The second-order valence-electron chi connectivity index (χ2n) is 4.59. The van der Waals surface area contributed by atoms with Gasteiger partial charge in [-0.15, -0.1) is 0 Å². The zero-order valence-electron chi connectivity index (χ0n) is 11.7. The Hall–Kier alpha value is -1.07. The summed E-state index contributed by atoms with van der Waals surface area (Å²) < 4.78 is 45.9. The van der Waals surface area contributed by atoms with E-state index in [-0.39, 0.29) is 5.56 Å². The molecule has 108 valence electrons. The van der Waals surface area contributed by atoms with Gasteiger partial charge in [0.25, 0.3) is 0 Å². The Kier molecular flexibility index (Phi) is 5.38. The maximum atomic E-state index is 13.9. The van der Waals surface area contributed by atoms with Gasteiger partial charge in [0.15, 0.2) is 17.5 Å². The topological polar surface area (TPSA) is 21.3 Å². The van der Waals surface area contributed by atoms with Gasteiger partial charge in [0.2, 0.25) is 0 Å². The highest BCUT2D eigenvalue weighted by molar-refractivity contribution is 5.26. The monoisotopic (exact) mass is 275 g/mol. The molecule has 1 aromatic carbocycles. The van der Waals surface area contributed by atoms with Gasteiger partial charge in [0.1, 0.15) is 0 Å². The summed E-state index contributed by atoms with van der Waals surface area (Å²) in [5.41, 5.74) is -0.631. The molecule has 1 N–H and O–H groups in total. The number of hydrogen-bond acceptors (Lipinski definition) is 2. The fraction of sp³-hybridized carbons (Fsp3) is 0.571. The molecule has 0 fully saturated rings. The van der Waals surface area contributed by atoms with Gasteiger partial charge in [-0.05, 0) is 33.4 Å². The fourth-order valence-corrected chi connectivity index (χ4v) is 2.27. The quantitative estimate of drug-likeness (QED) is 0.801. The fourth-order valence-electron chi connectivity index (χ4n) is 2.27. The third-order valence-corrected chi connectivity index (χ3v) is 3.45. The number of likely N-dealkylation sites (N-methyl/N-ethyl adjacent to an activating group) is 1. The Morgan fingerprint density at radius 3 is 2.32 bits per heavy atom. The summed E-state index contributed by atoms with van der Waals surface area (Å²) in [5.74, 6) is -3.81. The standard InChI is InChI=1S/C14H20F3NO/c1-5-14(3,19-6-2)13(18-4)9-7-8-10(15)12(17)11(9)16/h7-8,13,18H,5-6H2,1-4H3. The number of nitrogens with one attached hydrogen (secondary N) is 1. The lowest BCUT2D eigenvalue weighted by molar-refractivity contribution is -0.0555. The van der Waals surface area contributed by atoms with Crippen LogP contribution < -0.4 is 5.32 Å². The summed E-state index contributed by atoms with van der Waals surface area (Å²) in [7, 11) is 1.64. The van der Waals surface area contributed by atoms with E-state index in [0.717, 1.165) is 6.07 Å². The minimum absolute atomic E-state index is 0.0687. The molecule has 0 amide bonds. The highest BCUT2D eigenvalue weighted by Crippen LogP contribution is 2.34. The third-order valence-electron chi connectivity index (χ3n) is 3.45. The van der Waals surface area contributed by atoms with Crippen LogP contribution in [0.2, 0.25) is 0 Å². The predicted octanol–water partition coefficient (Wildman–Crippen LogP) is 3.57. The molecule has 19 heavy (non-hydrogen) atoms. The van der Waals surface area contributed by atoms with Crippen molar-refractivity contribution in [2.75, 3.05) is 13.7 Å². The van der Waals surface area contributed by atoms with Crippen LogP contribution in [0.1, 0.15) is 38.8 Å². The Morgan fingerprint density at radius 1 is 1.21 bits per heavy atom. The number of ether oxygens (including phenoxy) is 1. The van der Waals surface area contributed by atoms with Crippen LogP contribution in [0.3, 0.4) is 0 Å². The van der Waals surface area contributed by atoms with E-state index in [1.54, 1.807) is 7.05 Å². The average molecular weight is 275 g/mol. The van der Waals surface area contributed by atoms with E-state index in [2.05, 4.69) is 5.32 Å². The molecule has 0 bridgehead atoms. The molecule has 0 spiro atoms. The highest BCUT2D eigenvalue weighted by Gasteiger charge is 2.36. The van der Waals surface area contributed by atoms with Gasteiger partial charge in [-0.2, -0.15) is 0 Å². The van der Waals surface area contributed by atoms with Crippen molar-refractivity contribution in [1.82, 2.24) is 5.32 Å². The van der Waals surface area contributed by atoms with Crippen LogP contribution in [0.4, 0.5) is 13.2 Å². The van der Waals surface area contributed by atoms with E-state index in [1.807, 2.05) is 20.8 Å². The van der Waals surface area contributed by atoms with E-state index in [1.165, 1.54) is 6.07 Å². The summed E-state index contributed by atoms with van der Waals surface area (Å²) in [6.45, 7) is 6.01. The lowest BCUT2D eigenvalue weighted by Crippen LogP contribution is -2.42. The van der Waals surface area contributed by atoms with Gasteiger partial charge in [-0.25, -0.2) is 13.2 Å². The van der Waals surface area contributed by atoms with Gasteiger partial charge >= 0.3 is 0 Å². The molecule has 0 heterocycles. The van der Waals surface area contributed by atoms with Crippen LogP contribution in [-0.4, -0.2) is 19.3 Å². The van der Waals surface area contributed by atoms with E-state index in [9.17, 15) is 13.2 Å². The number of hydrogen-bond donors (Lipinski definition) is 1. The Bertz CT molecular complexity index is 439. The molecule has 0 radical (unpaired) electrons. The molecule has 1 rings (SSSR count). The van der Waals surface area contributed by atoms with Crippen molar-refractivity contribution in [2.45, 2.75) is 38.8 Å². The zero-order valence-corrected chi connectivity index (χ0v) is 11.7. The van der Waals surface area contributed by atoms with Crippen LogP contribution in [0, 0.1) is 17.5 Å². The predicted molar refractivity (Wildman–Crippen MR) is 68.4 cm³/mol. The van der Waals surface area contributed by atoms with E-state index >= 15 is 0 Å². The number of benzene rings is 1. The van der Waals surface area contributed by atoms with Crippen molar-refractivity contribution in [3.8, 4) is 0 Å². The molecule has 2 atom stereocenters. The minimum atomic E-state index is -1.45. The summed E-state index contributed by atoms with van der Waals surface area (Å²) in [5, 5.41) is 2.93. The summed E-state index contributed by atoms with van der Waals surface area (Å²) in [6.07, 6.45) is 0.602. The first-order valence-electron chi connectivity index (χ1n) is 6.35. The number of rotatable bonds is 6. The van der Waals surface area contributed by atoms with Crippen molar-refractivity contribution in [2.24, 2.45) is 0 Å². The van der Waals surface area contributed by atoms with Gasteiger partial charge in [-0.1, -0.05) is 13.0 Å². The molecule has 2 nitrogen and oxygen atoms in total. The Balaban J connectivity index is 3.27. The van der Waals surface area contributed by atoms with Crippen LogP contribution >= 0.6 is 0 Å². The Morgan fingerprint density at radius 2 is 1.84 bits per heavy atom. The van der Waals surface area contributed by atoms with Gasteiger partial charge in [0.05, 0.1) is 11.6 Å². The summed E-state index contributed by atoms with van der Waals surface area (Å²) in [6, 6.07) is 1.62. The molecule has 0 aliphatic carbocycles. The number of halogens is 3. The van der Waals surface area contributed by atoms with E-state index in [4.69, 9.17) is 4.74 Å². The molecular weight excluding hydrogens is 255 g/mol. The van der Waals surface area contributed by atoms with E-state index < -0.39 is 29.1 Å². The largest absolute Gasteiger partial charge is 0.374 e. The normalized spacial score (nSPS) is 16.2. The van der Waals surface area contributed by atoms with Crippen molar-refractivity contribution < 1.29 is 17.9 Å². The van der Waals surface area contributed by atoms with Crippen LogP contribution in [-0.2, 0) is 4.74 Å². The lowest BCUT2D eigenvalue weighted by Gasteiger charge is -2.37. The molecule has 5 heteroatoms. The average Bonchev–Trinajstić information content (AvgIpc) is 2.39. The van der Waals surface area contributed by atoms with Crippen LogP contribution in [0.15, 0.2) is 12.1 Å². The SMILES string of the molecule is CCOC(C)(CC)C(NC)c1ccc(F)c(F)c1F. The van der Waals surface area contributed by atoms with Gasteiger partial charge in [-0.3, -0.25) is 0 Å². The van der Waals surface area contributed by atoms with Crippen LogP contribution in [0.25, 0.3) is 0 Å². The molecule has 2 unspecified atom stereocenters. The highest BCUT2D eigenvalue weighted by atomic mass is 19.2. The molecule has 0 saturated carbocycles. The summed E-state index contributed by atoms with van der Waals surface area (Å²) in [4.78, 5) is 0. The smallest absolute Gasteiger partial charge is 0.194 e. The van der Waals surface area contributed by atoms with Crippen molar-refractivity contribution >= 4 is 0 Å². The second kappa shape index (κ2) is 6.39. The molecular formula is C14H20F3NO. The molecule has 0 aromatic heterocycles. The van der Waals surface area contributed by atoms with Crippen molar-refractivity contribution in [3.05, 3.63) is 35.1 Å². The molecule has 0 saturated heterocycles. The minimum Gasteiger partial charge on any atom is -0.374 e. The van der Waals surface area contributed by atoms with Gasteiger partial charge in [0, 0.05) is 12.2 Å². The first-order valence-corrected chi connectivity index (χ1v) is 6.35. The van der Waals surface area contributed by atoms with Gasteiger partial charge < -0.3 is 10.1 Å².